The van der Waals surface area contributed by atoms with Crippen molar-refractivity contribution in [2.45, 2.75) is 59.0 Å². The molecule has 0 aliphatic rings. The van der Waals surface area contributed by atoms with Crippen LogP contribution in [0.4, 0.5) is 0 Å². The zero-order valence-electron chi connectivity index (χ0n) is 22.2. The summed E-state index contributed by atoms with van der Waals surface area (Å²) in [7, 11) is 0. The Morgan fingerprint density at radius 1 is 1.00 bits per heavy atom. The summed E-state index contributed by atoms with van der Waals surface area (Å²) in [6, 6.07) is 17.9. The van der Waals surface area contributed by atoms with Gasteiger partial charge in [0, 0.05) is 6.42 Å². The number of carbonyl (C=O) groups excluding carboxylic acids is 2. The molecule has 0 fully saturated rings. The van der Waals surface area contributed by atoms with Gasteiger partial charge in [-0.2, -0.15) is 6.41 Å². The molecule has 0 saturated carbocycles. The number of amides is 2. The van der Waals surface area contributed by atoms with Crippen molar-refractivity contribution in [2.24, 2.45) is 0 Å². The van der Waals surface area contributed by atoms with Gasteiger partial charge in [0.2, 0.25) is 5.91 Å². The second kappa shape index (κ2) is 19.4. The Labute approximate surface area is 215 Å². The molecule has 0 aliphatic heterocycles. The first-order chi connectivity index (χ1) is 17.5. The smallest absolute Gasteiger partial charge is 0.323 e. The van der Waals surface area contributed by atoms with Gasteiger partial charge in [0.05, 0.1) is 6.04 Å². The molecule has 1 atom stereocenters. The Balaban J connectivity index is 0. The van der Waals surface area contributed by atoms with Gasteiger partial charge in [-0.3, -0.25) is 9.59 Å². The molecule has 0 bridgehead atoms. The van der Waals surface area contributed by atoms with E-state index in [9.17, 15) is 19.5 Å². The van der Waals surface area contributed by atoms with Crippen LogP contribution in [0.3, 0.4) is 0 Å². The number of carboxylic acids is 1. The molecule has 7 heteroatoms. The normalized spacial score (nSPS) is 11.3. The summed E-state index contributed by atoms with van der Waals surface area (Å²) in [5.41, 5.74) is 1.41. The summed E-state index contributed by atoms with van der Waals surface area (Å²) in [4.78, 5) is 35.0. The molecule has 0 spiro atoms. The van der Waals surface area contributed by atoms with E-state index in [-0.39, 0.29) is 18.7 Å². The number of aliphatic carboxylic acids is 1. The van der Waals surface area contributed by atoms with Crippen molar-refractivity contribution in [3.05, 3.63) is 108 Å². The minimum absolute atomic E-state index is 0. The summed E-state index contributed by atoms with van der Waals surface area (Å²) < 4.78 is 0. The Morgan fingerprint density at radius 3 is 1.86 bits per heavy atom. The van der Waals surface area contributed by atoms with Crippen molar-refractivity contribution < 1.29 is 19.5 Å². The van der Waals surface area contributed by atoms with Crippen LogP contribution in [0, 0.1) is 0 Å². The monoisotopic (exact) mass is 748 g/mol. The van der Waals surface area contributed by atoms with E-state index in [0.29, 0.717) is 0 Å². The quantitative estimate of drug-likeness (QED) is 0.148. The van der Waals surface area contributed by atoms with Crippen molar-refractivity contribution in [1.82, 2.24) is 10.6 Å². The maximum absolute atomic E-state index is 13.1. The molecule has 3 N–H and O–H groups in total. The maximum Gasteiger partial charge on any atom is 0.323 e. The molecule has 206 valence electrons. The average molecular weight is 749 g/mol. The summed E-state index contributed by atoms with van der Waals surface area (Å²) in [5, 5.41) is 14.5. The molecule has 2 aromatic carbocycles. The summed E-state index contributed by atoms with van der Waals surface area (Å²) in [6.07, 6.45) is 8.49. The Bertz CT molecular complexity index is 950. The van der Waals surface area contributed by atoms with Crippen LogP contribution in [0.1, 0.15) is 58.6 Å². The van der Waals surface area contributed by atoms with Gasteiger partial charge in [0.15, 0.2) is 0 Å². The number of allylic oxidation sites excluding steroid dienone is 3. The van der Waals surface area contributed by atoms with Gasteiger partial charge in [0.1, 0.15) is 5.54 Å². The number of rotatable bonds is 12. The summed E-state index contributed by atoms with van der Waals surface area (Å²) in [6.45, 7) is 13.7. The molecule has 0 heterocycles. The molecule has 1 unspecified atom stereocenters. The van der Waals surface area contributed by atoms with E-state index < -0.39 is 17.6 Å². The zero-order chi connectivity index (χ0) is 27.4. The van der Waals surface area contributed by atoms with Crippen molar-refractivity contribution in [2.75, 3.05) is 0 Å². The second-order valence-electron chi connectivity index (χ2n) is 7.06. The molecule has 6 nitrogen and oxygen atoms in total. The fraction of sp³-hybridized carbons (Fsp3) is 0.300. The third kappa shape index (κ3) is 9.68. The van der Waals surface area contributed by atoms with Crippen molar-refractivity contribution in [3.63, 3.8) is 0 Å². The van der Waals surface area contributed by atoms with Gasteiger partial charge in [-0.15, -0.1) is 0 Å². The van der Waals surface area contributed by atoms with Gasteiger partial charge in [0.25, 0.3) is 0 Å². The molecule has 2 aromatic rings. The fourth-order valence-electron chi connectivity index (χ4n) is 3.58. The first-order valence-corrected chi connectivity index (χ1v) is 12.2. The van der Waals surface area contributed by atoms with E-state index in [2.05, 4.69) is 17.2 Å². The van der Waals surface area contributed by atoms with Crippen LogP contribution in [0.25, 0.3) is 0 Å². The minimum Gasteiger partial charge on any atom is -0.520 e. The van der Waals surface area contributed by atoms with E-state index in [1.807, 2.05) is 114 Å². The first-order valence-electron chi connectivity index (χ1n) is 12.2. The van der Waals surface area contributed by atoms with Crippen LogP contribution in [0.5, 0.6) is 0 Å². The number of carboxylic acid groups (broad SMARTS) is 1. The van der Waals surface area contributed by atoms with Gasteiger partial charge in [-0.25, -0.2) is 0 Å². The summed E-state index contributed by atoms with van der Waals surface area (Å²) >= 11 is 0. The average Bonchev–Trinajstić information content (AvgIpc) is 2.92. The number of hydrogen-bond acceptors (Lipinski definition) is 3. The van der Waals surface area contributed by atoms with Gasteiger partial charge < -0.3 is 20.5 Å². The Kier molecular flexibility index (Phi) is 17.9. The van der Waals surface area contributed by atoms with Crippen LogP contribution in [0.2, 0.25) is 0 Å². The van der Waals surface area contributed by atoms with Crippen LogP contribution in [0.15, 0.2) is 97.1 Å². The van der Waals surface area contributed by atoms with Gasteiger partial charge in [-0.05, 0) is 30.0 Å². The van der Waals surface area contributed by atoms with E-state index in [1.54, 1.807) is 6.08 Å². The van der Waals surface area contributed by atoms with Crippen LogP contribution >= 0.6 is 0 Å². The third-order valence-electron chi connectivity index (χ3n) is 5.01. The van der Waals surface area contributed by atoms with Crippen LogP contribution in [-0.4, -0.2) is 29.4 Å². The molecule has 2 amide bonds. The standard InChI is InChI=1S/C26H27N2O4.2C2H6.Fm/c1-3-11-20(12-4-2)26(21-13-7-5-8-14-21,22-15-9-6-10-16-22)28-24(30)18-17-23(25(31)32)27-19-29;2*1-2;/h3-16,23H,1,17-18H2,2H3,(H,27,29)(H,28,30)(H,31,32);2*1-2H3;/q-1;;;/b12-4-,20-11+;;;. The van der Waals surface area contributed by atoms with Crippen LogP contribution < -0.4 is 10.6 Å². The maximum atomic E-state index is 13.1. The molecule has 0 aliphatic carbocycles. The van der Waals surface area contributed by atoms with Crippen LogP contribution in [-0.2, 0) is 19.9 Å². The van der Waals surface area contributed by atoms with E-state index in [4.69, 9.17) is 0 Å². The van der Waals surface area contributed by atoms with Gasteiger partial charge >= 0.3 is 5.97 Å². The second-order valence-corrected chi connectivity index (χ2v) is 7.06. The van der Waals surface area contributed by atoms with Crippen molar-refractivity contribution in [3.8, 4) is 0 Å². The number of nitrogens with one attached hydrogen (secondary N) is 2. The van der Waals surface area contributed by atoms with E-state index in [0.717, 1.165) is 16.7 Å². The molecular formula is C30H39FmN2O4-. The molecular weight excluding hydrogens is 709 g/mol. The minimum atomic E-state index is -1.22. The van der Waals surface area contributed by atoms with E-state index in [1.165, 1.54) is 6.41 Å². The Hall–Kier alpha value is -4.93. The molecule has 0 radical (unpaired) electrons. The predicted molar refractivity (Wildman–Crippen MR) is 147 cm³/mol. The molecule has 0 saturated heterocycles. The van der Waals surface area contributed by atoms with E-state index >= 15 is 0 Å². The number of benzene rings is 2. The molecule has 2 rings (SSSR count). The SMILES string of the molecule is C=C/C=C(\C=C/C)C(NC(=O)CCC(N[C-]=O)C(=O)O)(c1ccccc1)c1ccccc1.CC.CC.[Fm]. The third-order valence-corrected chi connectivity index (χ3v) is 5.01. The summed E-state index contributed by atoms with van der Waals surface area (Å²) in [5.74, 6) is -1.59. The largest absolute Gasteiger partial charge is 0.520 e. The van der Waals surface area contributed by atoms with Gasteiger partial charge in [-0.1, -0.05) is 119 Å². The molecule has 37 heavy (non-hydrogen) atoms. The van der Waals surface area contributed by atoms with Crippen molar-refractivity contribution >= 4 is 18.3 Å². The molecule has 0 aromatic heterocycles. The number of hydrogen-bond donors (Lipinski definition) is 3. The topological polar surface area (TPSA) is 95.5 Å². The Morgan fingerprint density at radius 2 is 1.49 bits per heavy atom. The predicted octanol–water partition coefficient (Wildman–Crippen LogP) is 5.68. The number of carbonyl (C=O) groups is 2. The first kappa shape index (κ1) is 34.2. The zero-order valence-corrected chi connectivity index (χ0v) is 24.6. The fourth-order valence-corrected chi connectivity index (χ4v) is 3.58. The van der Waals surface area contributed by atoms with Crippen molar-refractivity contribution in [1.29, 1.82) is 0 Å².